The van der Waals surface area contributed by atoms with Gasteiger partial charge in [-0.25, -0.2) is 0 Å². The van der Waals surface area contributed by atoms with E-state index >= 15 is 0 Å². The van der Waals surface area contributed by atoms with Crippen molar-refractivity contribution in [3.05, 3.63) is 29.3 Å². The van der Waals surface area contributed by atoms with Gasteiger partial charge in [0.15, 0.2) is 5.78 Å². The van der Waals surface area contributed by atoms with E-state index < -0.39 is 0 Å². The molecular weight excluding hydrogens is 264 g/mol. The molecule has 21 heavy (non-hydrogen) atoms. The summed E-state index contributed by atoms with van der Waals surface area (Å²) in [6.45, 7) is 3.55. The maximum absolute atomic E-state index is 12.5. The van der Waals surface area contributed by atoms with Gasteiger partial charge in [-0.05, 0) is 49.6 Å². The predicted octanol–water partition coefficient (Wildman–Crippen LogP) is 2.31. The van der Waals surface area contributed by atoms with E-state index in [0.29, 0.717) is 6.42 Å². The molecular formula is C17H22N2O2. The summed E-state index contributed by atoms with van der Waals surface area (Å²) in [5.41, 5.74) is 2.88. The number of carbonyl (C=O) groups excluding carboxylic acids is 2. The smallest absolute Gasteiger partial charge is 0.226 e. The Morgan fingerprint density at radius 3 is 2.90 bits per heavy atom. The van der Waals surface area contributed by atoms with Gasteiger partial charge in [0.25, 0.3) is 0 Å². The molecule has 4 heteroatoms. The summed E-state index contributed by atoms with van der Waals surface area (Å²) < 4.78 is 0. The lowest BCUT2D eigenvalue weighted by Crippen LogP contribution is -2.40. The van der Waals surface area contributed by atoms with Gasteiger partial charge in [-0.3, -0.25) is 9.59 Å². The largest absolute Gasteiger partial charge is 0.312 e. The number of Topliss-reactive ketones (excluding diaryl/α,β-unsaturated/α-hetero) is 1. The fourth-order valence-corrected chi connectivity index (χ4v) is 3.28. The van der Waals surface area contributed by atoms with Crippen LogP contribution in [-0.4, -0.2) is 30.8 Å². The van der Waals surface area contributed by atoms with E-state index in [9.17, 15) is 9.59 Å². The number of benzene rings is 1. The molecule has 112 valence electrons. The Morgan fingerprint density at radius 2 is 2.19 bits per heavy atom. The summed E-state index contributed by atoms with van der Waals surface area (Å²) >= 11 is 0. The molecule has 0 spiro atoms. The van der Waals surface area contributed by atoms with Crippen molar-refractivity contribution in [2.45, 2.75) is 45.1 Å². The molecule has 0 aromatic heterocycles. The normalized spacial score (nSPS) is 21.2. The van der Waals surface area contributed by atoms with Crippen molar-refractivity contribution in [3.63, 3.8) is 0 Å². The van der Waals surface area contributed by atoms with Crippen LogP contribution in [0.2, 0.25) is 0 Å². The number of carbonyl (C=O) groups is 2. The standard InChI is InChI=1S/C17H22N2O2/c1-2-16(20)19-10-8-12-11-13(6-7-15(12)19)17(21)14-5-3-4-9-18-14/h6-7,11,14,18H,2-5,8-10H2,1H3. The number of nitrogens with one attached hydrogen (secondary N) is 1. The van der Waals surface area contributed by atoms with Crippen LogP contribution in [0.3, 0.4) is 0 Å². The molecule has 1 saturated heterocycles. The predicted molar refractivity (Wildman–Crippen MR) is 82.8 cm³/mol. The Morgan fingerprint density at radius 1 is 1.33 bits per heavy atom. The molecule has 2 aliphatic rings. The van der Waals surface area contributed by atoms with Gasteiger partial charge in [0.05, 0.1) is 6.04 Å². The van der Waals surface area contributed by atoms with E-state index in [4.69, 9.17) is 0 Å². The summed E-state index contributed by atoms with van der Waals surface area (Å²) in [5, 5.41) is 3.31. The van der Waals surface area contributed by atoms with Gasteiger partial charge >= 0.3 is 0 Å². The lowest BCUT2D eigenvalue weighted by Gasteiger charge is -2.22. The number of piperidine rings is 1. The minimum Gasteiger partial charge on any atom is -0.312 e. The van der Waals surface area contributed by atoms with E-state index in [1.54, 1.807) is 0 Å². The molecule has 2 heterocycles. The van der Waals surface area contributed by atoms with Crippen LogP contribution in [0, 0.1) is 0 Å². The summed E-state index contributed by atoms with van der Waals surface area (Å²) in [4.78, 5) is 26.3. The molecule has 4 nitrogen and oxygen atoms in total. The fourth-order valence-electron chi connectivity index (χ4n) is 3.28. The van der Waals surface area contributed by atoms with Crippen molar-refractivity contribution in [2.24, 2.45) is 0 Å². The number of ketones is 1. The molecule has 1 aromatic carbocycles. The Bertz CT molecular complexity index is 562. The van der Waals surface area contributed by atoms with Crippen LogP contribution in [0.1, 0.15) is 48.5 Å². The van der Waals surface area contributed by atoms with Crippen molar-refractivity contribution in [1.29, 1.82) is 0 Å². The van der Waals surface area contributed by atoms with E-state index in [1.807, 2.05) is 30.0 Å². The Labute approximate surface area is 125 Å². The molecule has 2 aliphatic heterocycles. The number of rotatable bonds is 3. The van der Waals surface area contributed by atoms with Crippen LogP contribution in [-0.2, 0) is 11.2 Å². The molecule has 3 rings (SSSR count). The second-order valence-corrected chi connectivity index (χ2v) is 5.86. The summed E-state index contributed by atoms with van der Waals surface area (Å²) in [6.07, 6.45) is 4.57. The molecule has 0 bridgehead atoms. The summed E-state index contributed by atoms with van der Waals surface area (Å²) in [7, 11) is 0. The average Bonchev–Trinajstić information content (AvgIpc) is 2.97. The first kappa shape index (κ1) is 14.3. The molecule has 0 saturated carbocycles. The Kier molecular flexibility index (Phi) is 4.06. The third-order valence-corrected chi connectivity index (χ3v) is 4.49. The number of amides is 1. The topological polar surface area (TPSA) is 49.4 Å². The zero-order valence-corrected chi connectivity index (χ0v) is 12.5. The number of nitrogens with zero attached hydrogens (tertiary/aromatic N) is 1. The van der Waals surface area contributed by atoms with Gasteiger partial charge in [-0.15, -0.1) is 0 Å². The first-order valence-electron chi connectivity index (χ1n) is 7.91. The van der Waals surface area contributed by atoms with Crippen LogP contribution in [0.15, 0.2) is 18.2 Å². The molecule has 1 aromatic rings. The Balaban J connectivity index is 1.80. The second kappa shape index (κ2) is 5.98. The van der Waals surface area contributed by atoms with Crippen molar-refractivity contribution >= 4 is 17.4 Å². The van der Waals surface area contributed by atoms with Gasteiger partial charge in [-0.2, -0.15) is 0 Å². The first-order chi connectivity index (χ1) is 10.2. The number of anilines is 1. The first-order valence-corrected chi connectivity index (χ1v) is 7.91. The van der Waals surface area contributed by atoms with E-state index in [1.165, 1.54) is 0 Å². The van der Waals surface area contributed by atoms with Crippen LogP contribution >= 0.6 is 0 Å². The fraction of sp³-hybridized carbons (Fsp3) is 0.529. The second-order valence-electron chi connectivity index (χ2n) is 5.86. The van der Waals surface area contributed by atoms with Gasteiger partial charge in [0.2, 0.25) is 5.91 Å². The van der Waals surface area contributed by atoms with Gasteiger partial charge in [0, 0.05) is 24.2 Å². The van der Waals surface area contributed by atoms with Crippen molar-refractivity contribution in [3.8, 4) is 0 Å². The number of hydrogen-bond donors (Lipinski definition) is 1. The summed E-state index contributed by atoms with van der Waals surface area (Å²) in [6, 6.07) is 5.76. The van der Waals surface area contributed by atoms with E-state index in [0.717, 1.165) is 55.6 Å². The van der Waals surface area contributed by atoms with Gasteiger partial charge < -0.3 is 10.2 Å². The third-order valence-electron chi connectivity index (χ3n) is 4.49. The van der Waals surface area contributed by atoms with Crippen molar-refractivity contribution in [2.75, 3.05) is 18.0 Å². The minimum absolute atomic E-state index is 0.0356. The van der Waals surface area contributed by atoms with Crippen LogP contribution < -0.4 is 10.2 Å². The molecule has 1 fully saturated rings. The quantitative estimate of drug-likeness (QED) is 0.868. The maximum atomic E-state index is 12.5. The zero-order chi connectivity index (χ0) is 14.8. The highest BCUT2D eigenvalue weighted by Crippen LogP contribution is 2.30. The van der Waals surface area contributed by atoms with E-state index in [2.05, 4.69) is 5.32 Å². The van der Waals surface area contributed by atoms with Crippen LogP contribution in [0.5, 0.6) is 0 Å². The van der Waals surface area contributed by atoms with Crippen LogP contribution in [0.25, 0.3) is 0 Å². The van der Waals surface area contributed by atoms with Crippen molar-refractivity contribution < 1.29 is 9.59 Å². The van der Waals surface area contributed by atoms with Crippen molar-refractivity contribution in [1.82, 2.24) is 5.32 Å². The monoisotopic (exact) mass is 286 g/mol. The highest BCUT2D eigenvalue weighted by Gasteiger charge is 2.26. The zero-order valence-electron chi connectivity index (χ0n) is 12.5. The molecule has 0 aliphatic carbocycles. The molecule has 1 atom stereocenters. The number of hydrogen-bond acceptors (Lipinski definition) is 3. The Hall–Kier alpha value is -1.68. The molecule has 1 amide bonds. The number of fused-ring (bicyclic) bond motifs is 1. The van der Waals surface area contributed by atoms with E-state index in [-0.39, 0.29) is 17.7 Å². The third kappa shape index (κ3) is 2.72. The molecule has 1 unspecified atom stereocenters. The SMILES string of the molecule is CCC(=O)N1CCc2cc(C(=O)C3CCCCN3)ccc21. The molecule has 1 N–H and O–H groups in total. The van der Waals surface area contributed by atoms with Gasteiger partial charge in [0.1, 0.15) is 0 Å². The maximum Gasteiger partial charge on any atom is 0.226 e. The summed E-state index contributed by atoms with van der Waals surface area (Å²) in [5.74, 6) is 0.347. The lowest BCUT2D eigenvalue weighted by molar-refractivity contribution is -0.118. The lowest BCUT2D eigenvalue weighted by atomic mass is 9.95. The van der Waals surface area contributed by atoms with Crippen LogP contribution in [0.4, 0.5) is 5.69 Å². The minimum atomic E-state index is -0.0356. The van der Waals surface area contributed by atoms with Gasteiger partial charge in [-0.1, -0.05) is 13.3 Å². The molecule has 0 radical (unpaired) electrons. The highest BCUT2D eigenvalue weighted by atomic mass is 16.2. The average molecular weight is 286 g/mol. The highest BCUT2D eigenvalue weighted by molar-refractivity contribution is 6.02.